The summed E-state index contributed by atoms with van der Waals surface area (Å²) in [5.41, 5.74) is 2.16. The molecule has 0 saturated heterocycles. The van der Waals surface area contributed by atoms with Gasteiger partial charge in [0.15, 0.2) is 0 Å². The fourth-order valence-corrected chi connectivity index (χ4v) is 2.49. The van der Waals surface area contributed by atoms with Gasteiger partial charge in [-0.3, -0.25) is 0 Å². The molecule has 3 rings (SSSR count). The van der Waals surface area contributed by atoms with Gasteiger partial charge in [0, 0.05) is 49.4 Å². The highest BCUT2D eigenvalue weighted by Gasteiger charge is 2.09. The van der Waals surface area contributed by atoms with Gasteiger partial charge in [-0.2, -0.15) is 0 Å². The minimum absolute atomic E-state index is 0. The third kappa shape index (κ3) is 3.80. The summed E-state index contributed by atoms with van der Waals surface area (Å²) in [7, 11) is 0. The van der Waals surface area contributed by atoms with Crippen LogP contribution >= 0.6 is 48.6 Å². The highest BCUT2D eigenvalue weighted by Crippen LogP contribution is 2.24. The largest absolute Gasteiger partial charge is 1.00 e. The molecule has 1 aromatic heterocycles. The van der Waals surface area contributed by atoms with Crippen molar-refractivity contribution in [3.05, 3.63) is 48.5 Å². The van der Waals surface area contributed by atoms with Gasteiger partial charge in [0.2, 0.25) is 11.3 Å². The topological polar surface area (TPSA) is 12.9 Å². The van der Waals surface area contributed by atoms with E-state index in [1.807, 2.05) is 12.1 Å². The molecule has 0 N–H and O–H groups in total. The number of aromatic nitrogens is 1. The summed E-state index contributed by atoms with van der Waals surface area (Å²) in [5, 5.41) is 0. The number of benzene rings is 2. The van der Waals surface area contributed by atoms with Gasteiger partial charge in [-0.15, -0.1) is 0 Å². The van der Waals surface area contributed by atoms with Crippen molar-refractivity contribution >= 4 is 69.0 Å². The molecule has 0 radical (unpaired) electrons. The first-order chi connectivity index (χ1) is 7.93. The van der Waals surface area contributed by atoms with E-state index in [4.69, 9.17) is 0 Å². The van der Waals surface area contributed by atoms with Gasteiger partial charge >= 0.3 is 0 Å². The van der Waals surface area contributed by atoms with E-state index in [0.29, 0.717) is 0 Å². The number of nitrogens with zero attached hydrogens (tertiary/aromatic N) is 1. The minimum atomic E-state index is 0. The Morgan fingerprint density at radius 1 is 0.765 bits per heavy atom. The Balaban J connectivity index is 0.000000459. The lowest BCUT2D eigenvalue weighted by Gasteiger charge is -1.89. The van der Waals surface area contributed by atoms with Gasteiger partial charge in [0.05, 0.1) is 0 Å². The Hall–Kier alpha value is 0.650. The first-order valence-electron chi connectivity index (χ1n) is 4.65. The summed E-state index contributed by atoms with van der Waals surface area (Å²) in [5.74, 6) is 0. The van der Waals surface area contributed by atoms with Crippen molar-refractivity contribution in [2.24, 2.45) is 0 Å². The van der Waals surface area contributed by atoms with E-state index < -0.39 is 0 Å². The highest BCUT2D eigenvalue weighted by atomic mass is 128. The molecule has 0 atom stereocenters. The Bertz CT molecular complexity index is 510. The zero-order valence-corrected chi connectivity index (χ0v) is 15.9. The van der Waals surface area contributed by atoms with Crippen molar-refractivity contribution in [3.63, 3.8) is 0 Å². The lowest BCUT2D eigenvalue weighted by atomic mass is 10.3. The predicted molar refractivity (Wildman–Crippen MR) is 89.6 cm³/mol. The van der Waals surface area contributed by atoms with E-state index in [0.717, 1.165) is 11.0 Å². The lowest BCUT2D eigenvalue weighted by Crippen LogP contribution is -3.00. The van der Waals surface area contributed by atoms with Crippen molar-refractivity contribution < 1.29 is 24.0 Å². The Morgan fingerprint density at radius 2 is 1.18 bits per heavy atom. The predicted octanol–water partition coefficient (Wildman–Crippen LogP) is 2.51. The maximum absolute atomic E-state index is 4.59. The fourth-order valence-electron chi connectivity index (χ4n) is 1.52. The quantitative estimate of drug-likeness (QED) is 0.227. The van der Waals surface area contributed by atoms with Crippen LogP contribution in [0.1, 0.15) is 0 Å². The molecule has 88 valence electrons. The molecule has 0 unspecified atom stereocenters. The molecule has 2 aromatic carbocycles. The molecule has 0 aliphatic carbocycles. The molecule has 0 fully saturated rings. The first-order valence-corrected chi connectivity index (χ1v) is 11.8. The van der Waals surface area contributed by atoms with Crippen molar-refractivity contribution in [3.8, 4) is 0 Å². The maximum atomic E-state index is 4.59. The number of fused-ring (bicyclic) bond motifs is 2. The molecule has 0 aliphatic heterocycles. The van der Waals surface area contributed by atoms with Crippen LogP contribution < -0.4 is 24.0 Å². The van der Waals surface area contributed by atoms with Crippen LogP contribution in [0, 0.1) is 0 Å². The molecule has 0 bridgehead atoms. The summed E-state index contributed by atoms with van der Waals surface area (Å²) in [4.78, 5) is 4.59. The SMILES string of the molecule is II.[I-].c1ccc2[s+]c3ccccc3nc2c1. The minimum Gasteiger partial charge on any atom is -1.00 e. The summed E-state index contributed by atoms with van der Waals surface area (Å²) in [6, 6.07) is 16.5. The fraction of sp³-hybridized carbons (Fsp3) is 0. The normalized spacial score (nSPS) is 9.29. The van der Waals surface area contributed by atoms with Gasteiger partial charge < -0.3 is 24.0 Å². The van der Waals surface area contributed by atoms with E-state index in [-0.39, 0.29) is 24.0 Å². The van der Waals surface area contributed by atoms with E-state index >= 15 is 0 Å². The van der Waals surface area contributed by atoms with Crippen LogP contribution in [-0.4, -0.2) is 4.98 Å². The van der Waals surface area contributed by atoms with Crippen molar-refractivity contribution in [1.82, 2.24) is 4.98 Å². The van der Waals surface area contributed by atoms with Crippen molar-refractivity contribution in [2.45, 2.75) is 0 Å². The van der Waals surface area contributed by atoms with Crippen molar-refractivity contribution in [1.29, 1.82) is 0 Å². The average molecular weight is 579 g/mol. The van der Waals surface area contributed by atoms with Crippen LogP contribution in [0.3, 0.4) is 0 Å². The summed E-state index contributed by atoms with van der Waals surface area (Å²) < 4.78 is 2.48. The molecule has 1 heterocycles. The molecule has 5 heteroatoms. The van der Waals surface area contributed by atoms with Gasteiger partial charge in [0.1, 0.15) is 11.0 Å². The smallest absolute Gasteiger partial charge is 0.257 e. The van der Waals surface area contributed by atoms with Gasteiger partial charge in [-0.1, -0.05) is 24.3 Å². The number of halogens is 3. The van der Waals surface area contributed by atoms with Crippen LogP contribution in [0.4, 0.5) is 0 Å². The van der Waals surface area contributed by atoms with E-state index in [1.54, 1.807) is 11.3 Å². The van der Waals surface area contributed by atoms with Gasteiger partial charge in [0.25, 0.3) is 9.40 Å². The molecular formula is C12H8I3NS. The van der Waals surface area contributed by atoms with Crippen LogP contribution in [0.2, 0.25) is 0 Å². The zero-order valence-electron chi connectivity index (χ0n) is 8.61. The monoisotopic (exact) mass is 579 g/mol. The zero-order chi connectivity index (χ0) is 11.4. The van der Waals surface area contributed by atoms with Gasteiger partial charge in [-0.05, 0) is 12.1 Å². The molecular weight excluding hydrogens is 571 g/mol. The third-order valence-corrected chi connectivity index (χ3v) is 3.32. The Morgan fingerprint density at radius 3 is 1.65 bits per heavy atom. The second-order valence-corrected chi connectivity index (χ2v) is 4.23. The standard InChI is InChI=1S/C12H8NS.I2.HI/c1-3-7-11-9(5-1)13-10-6-2-4-8-12(10)14-11;1-2;/h1-8H;;1H/q+1;;/p-1. The van der Waals surface area contributed by atoms with Gasteiger partial charge in [-0.25, -0.2) is 4.98 Å². The lowest BCUT2D eigenvalue weighted by molar-refractivity contribution is -0.00000278. The molecule has 3 aromatic rings. The number of para-hydroxylation sites is 2. The second kappa shape index (κ2) is 7.95. The number of rotatable bonds is 0. The third-order valence-electron chi connectivity index (χ3n) is 2.19. The average Bonchev–Trinajstić information content (AvgIpc) is 2.38. The first kappa shape index (κ1) is 15.7. The number of hydrogen-bond donors (Lipinski definition) is 0. The van der Waals surface area contributed by atoms with Crippen LogP contribution in [-0.2, 0) is 0 Å². The molecule has 1 nitrogen and oxygen atoms in total. The van der Waals surface area contributed by atoms with E-state index in [1.165, 1.54) is 9.40 Å². The molecule has 0 aliphatic rings. The van der Waals surface area contributed by atoms with Crippen LogP contribution in [0.5, 0.6) is 0 Å². The molecule has 0 amide bonds. The molecule has 0 saturated carbocycles. The highest BCUT2D eigenvalue weighted by molar-refractivity contribution is 15.0. The van der Waals surface area contributed by atoms with Crippen molar-refractivity contribution in [2.75, 3.05) is 0 Å². The van der Waals surface area contributed by atoms with E-state index in [2.05, 4.69) is 78.6 Å². The van der Waals surface area contributed by atoms with Crippen LogP contribution in [0.15, 0.2) is 48.5 Å². The Kier molecular flexibility index (Phi) is 7.34. The number of hydrogen-bond acceptors (Lipinski definition) is 1. The molecule has 17 heavy (non-hydrogen) atoms. The Labute approximate surface area is 144 Å². The summed E-state index contributed by atoms with van der Waals surface area (Å²) >= 11 is 6.03. The second-order valence-electron chi connectivity index (χ2n) is 3.15. The van der Waals surface area contributed by atoms with E-state index in [9.17, 15) is 0 Å². The van der Waals surface area contributed by atoms with Crippen LogP contribution in [0.25, 0.3) is 20.4 Å². The molecule has 0 spiro atoms. The summed E-state index contributed by atoms with van der Waals surface area (Å²) in [6.45, 7) is 0. The summed E-state index contributed by atoms with van der Waals surface area (Å²) in [6.07, 6.45) is 0. The maximum Gasteiger partial charge on any atom is 0.257 e.